The first-order valence-electron chi connectivity index (χ1n) is 10.5. The van der Waals surface area contributed by atoms with Gasteiger partial charge in [0.15, 0.2) is 11.5 Å². The summed E-state index contributed by atoms with van der Waals surface area (Å²) in [5.74, 6) is 2.07. The second-order valence-electron chi connectivity index (χ2n) is 7.47. The summed E-state index contributed by atoms with van der Waals surface area (Å²) in [6.07, 6.45) is 3.32. The van der Waals surface area contributed by atoms with E-state index in [0.29, 0.717) is 12.3 Å². The van der Waals surface area contributed by atoms with E-state index >= 15 is 0 Å². The second-order valence-corrected chi connectivity index (χ2v) is 9.49. The molecule has 166 valence electrons. The minimum atomic E-state index is -0.125. The predicted molar refractivity (Wildman–Crippen MR) is 137 cm³/mol. The highest BCUT2D eigenvalue weighted by Crippen LogP contribution is 2.38. The van der Waals surface area contributed by atoms with Crippen LogP contribution in [-0.2, 0) is 4.79 Å². The van der Waals surface area contributed by atoms with Gasteiger partial charge in [-0.3, -0.25) is 4.79 Å². The largest absolute Gasteiger partial charge is 0.454 e. The van der Waals surface area contributed by atoms with Crippen LogP contribution in [0.5, 0.6) is 11.5 Å². The molecule has 4 aromatic rings. The van der Waals surface area contributed by atoms with Gasteiger partial charge in [0.05, 0.1) is 5.69 Å². The number of thioether (sulfide) groups is 1. The average Bonchev–Trinajstić information content (AvgIpc) is 3.45. The molecule has 1 amide bonds. The van der Waals surface area contributed by atoms with Crippen LogP contribution in [0.15, 0.2) is 82.2 Å². The molecule has 1 aliphatic heterocycles. The maximum absolute atomic E-state index is 12.3. The van der Waals surface area contributed by atoms with Crippen molar-refractivity contribution >= 4 is 50.6 Å². The zero-order chi connectivity index (χ0) is 22.6. The Kier molecular flexibility index (Phi) is 6.41. The third-order valence-corrected chi connectivity index (χ3v) is 6.91. The molecule has 0 bridgehead atoms. The average molecular weight is 521 g/mol. The number of H-pyrrole nitrogens is 1. The Morgan fingerprint density at radius 1 is 1.06 bits per heavy atom. The lowest BCUT2D eigenvalue weighted by Crippen LogP contribution is -2.23. The monoisotopic (exact) mass is 520 g/mol. The van der Waals surface area contributed by atoms with Gasteiger partial charge in [-0.05, 0) is 47.5 Å². The summed E-state index contributed by atoms with van der Waals surface area (Å²) < 4.78 is 11.7. The molecule has 0 saturated heterocycles. The normalized spacial score (nSPS) is 12.5. The van der Waals surface area contributed by atoms with Crippen molar-refractivity contribution in [3.8, 4) is 22.8 Å². The Morgan fingerprint density at radius 3 is 2.76 bits per heavy atom. The topological polar surface area (TPSA) is 63.4 Å². The number of carbonyl (C=O) groups is 1. The molecule has 3 aromatic carbocycles. The number of benzene rings is 3. The molecular weight excluding hydrogens is 500 g/mol. The van der Waals surface area contributed by atoms with Gasteiger partial charge in [-0.2, -0.15) is 0 Å². The number of amides is 1. The predicted octanol–water partition coefficient (Wildman–Crippen LogP) is 6.25. The van der Waals surface area contributed by atoms with Crippen LogP contribution in [0, 0.1) is 0 Å². The van der Waals surface area contributed by atoms with E-state index in [0.717, 1.165) is 38.3 Å². The van der Waals surface area contributed by atoms with Crippen LogP contribution < -0.4 is 14.8 Å². The molecule has 33 heavy (non-hydrogen) atoms. The first kappa shape index (κ1) is 21.7. The van der Waals surface area contributed by atoms with E-state index in [4.69, 9.17) is 9.47 Å². The smallest absolute Gasteiger partial charge is 0.244 e. The fraction of sp³-hybridized carbons (Fsp3) is 0.115. The molecule has 1 aliphatic rings. The minimum absolute atomic E-state index is 0.125. The van der Waals surface area contributed by atoms with Gasteiger partial charge in [-0.15, -0.1) is 11.8 Å². The van der Waals surface area contributed by atoms with Gasteiger partial charge < -0.3 is 19.8 Å². The highest BCUT2D eigenvalue weighted by Gasteiger charge is 2.14. The highest BCUT2D eigenvalue weighted by molar-refractivity contribution is 9.10. The molecule has 0 unspecified atom stereocenters. The Labute approximate surface area is 204 Å². The van der Waals surface area contributed by atoms with Gasteiger partial charge >= 0.3 is 0 Å². The van der Waals surface area contributed by atoms with Crippen molar-refractivity contribution in [3.63, 3.8) is 0 Å². The highest BCUT2D eigenvalue weighted by atomic mass is 79.9. The van der Waals surface area contributed by atoms with Crippen LogP contribution in [0.2, 0.25) is 0 Å². The first-order chi connectivity index (χ1) is 16.2. The van der Waals surface area contributed by atoms with E-state index in [9.17, 15) is 4.79 Å². The van der Waals surface area contributed by atoms with Gasteiger partial charge in [0, 0.05) is 38.6 Å². The number of ether oxygens (including phenoxy) is 2. The number of hydrogen-bond acceptors (Lipinski definition) is 4. The van der Waals surface area contributed by atoms with Crippen molar-refractivity contribution in [1.29, 1.82) is 0 Å². The fourth-order valence-corrected chi connectivity index (χ4v) is 4.98. The van der Waals surface area contributed by atoms with Crippen LogP contribution in [-0.4, -0.2) is 30.0 Å². The quantitative estimate of drug-likeness (QED) is 0.172. The zero-order valence-corrected chi connectivity index (χ0v) is 20.0. The summed E-state index contributed by atoms with van der Waals surface area (Å²) in [5, 5.41) is 4.15. The Morgan fingerprint density at radius 2 is 1.88 bits per heavy atom. The van der Waals surface area contributed by atoms with Crippen molar-refractivity contribution in [1.82, 2.24) is 10.3 Å². The minimum Gasteiger partial charge on any atom is -0.454 e. The Balaban J connectivity index is 1.22. The first-order valence-corrected chi connectivity index (χ1v) is 12.3. The van der Waals surface area contributed by atoms with Crippen molar-refractivity contribution < 1.29 is 14.3 Å². The Hall–Kier alpha value is -3.16. The van der Waals surface area contributed by atoms with E-state index in [1.807, 2.05) is 42.5 Å². The van der Waals surface area contributed by atoms with Gasteiger partial charge in [0.25, 0.3) is 0 Å². The van der Waals surface area contributed by atoms with Crippen molar-refractivity contribution in [2.45, 2.75) is 4.90 Å². The molecule has 0 fully saturated rings. The number of para-hydroxylation sites is 1. The maximum atomic E-state index is 12.3. The molecule has 1 aromatic heterocycles. The fourth-order valence-electron chi connectivity index (χ4n) is 3.66. The summed E-state index contributed by atoms with van der Waals surface area (Å²) in [4.78, 5) is 17.0. The van der Waals surface area contributed by atoms with Crippen LogP contribution in [0.3, 0.4) is 0 Å². The van der Waals surface area contributed by atoms with Crippen molar-refractivity contribution in [2.75, 3.05) is 19.1 Å². The number of rotatable bonds is 7. The zero-order valence-electron chi connectivity index (χ0n) is 17.6. The standard InChI is InChI=1S/C26H21BrN2O3S/c27-19-9-7-18(8-10-19)25-26(20-3-1-2-4-21(20)29-25)33-14-13-28-24(30)12-6-17-5-11-22-23(15-17)32-16-31-22/h1-12,15,29H,13-14,16H2,(H,28,30)/b12-6+. The van der Waals surface area contributed by atoms with E-state index in [2.05, 4.69) is 50.5 Å². The molecule has 2 heterocycles. The van der Waals surface area contributed by atoms with Crippen molar-refractivity contribution in [3.05, 3.63) is 82.8 Å². The van der Waals surface area contributed by atoms with Crippen LogP contribution in [0.1, 0.15) is 5.56 Å². The summed E-state index contributed by atoms with van der Waals surface area (Å²) >= 11 is 5.24. The summed E-state index contributed by atoms with van der Waals surface area (Å²) in [6, 6.07) is 22.2. The second kappa shape index (κ2) is 9.77. The third-order valence-electron chi connectivity index (χ3n) is 5.26. The molecule has 5 rings (SSSR count). The van der Waals surface area contributed by atoms with E-state index in [1.165, 1.54) is 10.3 Å². The number of hydrogen-bond donors (Lipinski definition) is 2. The van der Waals surface area contributed by atoms with Crippen LogP contribution in [0.25, 0.3) is 28.2 Å². The molecular formula is C26H21BrN2O3S. The van der Waals surface area contributed by atoms with E-state index < -0.39 is 0 Å². The SMILES string of the molecule is O=C(/C=C/c1ccc2c(c1)OCO2)NCCSc1c(-c2ccc(Br)cc2)[nH]c2ccccc12. The molecule has 0 spiro atoms. The number of nitrogens with one attached hydrogen (secondary N) is 2. The summed E-state index contributed by atoms with van der Waals surface area (Å²) in [6.45, 7) is 0.800. The molecule has 0 aliphatic carbocycles. The van der Waals surface area contributed by atoms with Gasteiger partial charge in [0.1, 0.15) is 0 Å². The number of aromatic nitrogens is 1. The number of fused-ring (bicyclic) bond motifs is 2. The molecule has 0 saturated carbocycles. The molecule has 0 radical (unpaired) electrons. The van der Waals surface area contributed by atoms with Crippen LogP contribution in [0.4, 0.5) is 0 Å². The van der Waals surface area contributed by atoms with E-state index in [-0.39, 0.29) is 12.7 Å². The lowest BCUT2D eigenvalue weighted by Gasteiger charge is -2.06. The van der Waals surface area contributed by atoms with Crippen molar-refractivity contribution in [2.24, 2.45) is 0 Å². The molecule has 7 heteroatoms. The lowest BCUT2D eigenvalue weighted by atomic mass is 10.1. The number of aromatic amines is 1. The van der Waals surface area contributed by atoms with E-state index in [1.54, 1.807) is 23.9 Å². The number of halogens is 1. The van der Waals surface area contributed by atoms with Gasteiger partial charge in [-0.25, -0.2) is 0 Å². The molecule has 2 N–H and O–H groups in total. The number of carbonyl (C=O) groups excluding carboxylic acids is 1. The summed E-state index contributed by atoms with van der Waals surface area (Å²) in [5.41, 5.74) is 4.23. The van der Waals surface area contributed by atoms with Crippen LogP contribution >= 0.6 is 27.7 Å². The Bertz CT molecular complexity index is 1330. The molecule has 5 nitrogen and oxygen atoms in total. The lowest BCUT2D eigenvalue weighted by molar-refractivity contribution is -0.116. The maximum Gasteiger partial charge on any atom is 0.244 e. The van der Waals surface area contributed by atoms with Gasteiger partial charge in [-0.1, -0.05) is 52.3 Å². The molecule has 0 atom stereocenters. The third kappa shape index (κ3) is 4.94. The van der Waals surface area contributed by atoms with Gasteiger partial charge in [0.2, 0.25) is 12.7 Å². The summed E-state index contributed by atoms with van der Waals surface area (Å²) in [7, 11) is 0.